The van der Waals surface area contributed by atoms with Gasteiger partial charge in [0.05, 0.1) is 0 Å². The molecule has 1 aliphatic rings. The second kappa shape index (κ2) is 5.68. The summed E-state index contributed by atoms with van der Waals surface area (Å²) in [4.78, 5) is 9.52. The van der Waals surface area contributed by atoms with E-state index in [1.54, 1.807) is 0 Å². The number of anilines is 1. The Balaban J connectivity index is 2.27. The van der Waals surface area contributed by atoms with Crippen molar-refractivity contribution < 1.29 is 0 Å². The van der Waals surface area contributed by atoms with E-state index >= 15 is 0 Å². The van der Waals surface area contributed by atoms with Crippen molar-refractivity contribution in [2.75, 3.05) is 12.4 Å². The van der Waals surface area contributed by atoms with E-state index in [2.05, 4.69) is 26.1 Å². The summed E-state index contributed by atoms with van der Waals surface area (Å²) in [5, 5.41) is 3.21. The predicted molar refractivity (Wildman–Crippen MR) is 76.1 cm³/mol. The van der Waals surface area contributed by atoms with Gasteiger partial charge >= 0.3 is 0 Å². The first-order valence-corrected chi connectivity index (χ1v) is 7.20. The number of hydrogen-bond acceptors (Lipinski definition) is 3. The monoisotopic (exact) mass is 247 g/mol. The van der Waals surface area contributed by atoms with E-state index in [1.165, 1.54) is 36.9 Å². The first-order chi connectivity index (χ1) is 8.65. The molecule has 1 aromatic rings. The fourth-order valence-corrected chi connectivity index (χ4v) is 2.87. The zero-order valence-corrected chi connectivity index (χ0v) is 12.1. The third kappa shape index (κ3) is 2.65. The Labute approximate surface area is 110 Å². The molecule has 18 heavy (non-hydrogen) atoms. The number of hydrogen-bond donors (Lipinski definition) is 1. The van der Waals surface area contributed by atoms with Gasteiger partial charge in [0.15, 0.2) is 0 Å². The lowest BCUT2D eigenvalue weighted by atomic mass is 9.82. The second-order valence-electron chi connectivity index (χ2n) is 5.56. The topological polar surface area (TPSA) is 37.8 Å². The van der Waals surface area contributed by atoms with Gasteiger partial charge in [-0.2, -0.15) is 0 Å². The number of nitrogens with one attached hydrogen (secondary N) is 1. The maximum atomic E-state index is 4.80. The third-order valence-corrected chi connectivity index (χ3v) is 4.22. The highest BCUT2D eigenvalue weighted by Crippen LogP contribution is 2.34. The fourth-order valence-electron chi connectivity index (χ4n) is 2.87. The Kier molecular flexibility index (Phi) is 4.20. The van der Waals surface area contributed by atoms with Crippen molar-refractivity contribution in [3.8, 4) is 0 Å². The van der Waals surface area contributed by atoms with Crippen molar-refractivity contribution >= 4 is 5.82 Å². The standard InChI is InChI=1S/C15H25N3/c1-5-13-11(3)14(16-4)18-15(17-13)12-8-6-10(2)7-9-12/h10,12H,5-9H2,1-4H3,(H,16,17,18). The Hall–Kier alpha value is -1.12. The van der Waals surface area contributed by atoms with Crippen LogP contribution >= 0.6 is 0 Å². The molecule has 3 heteroatoms. The van der Waals surface area contributed by atoms with E-state index < -0.39 is 0 Å². The van der Waals surface area contributed by atoms with Crippen LogP contribution in [0.3, 0.4) is 0 Å². The van der Waals surface area contributed by atoms with Gasteiger partial charge in [0.1, 0.15) is 11.6 Å². The van der Waals surface area contributed by atoms with Gasteiger partial charge in [-0.05, 0) is 32.1 Å². The summed E-state index contributed by atoms with van der Waals surface area (Å²) >= 11 is 0. The van der Waals surface area contributed by atoms with E-state index in [-0.39, 0.29) is 0 Å². The summed E-state index contributed by atoms with van der Waals surface area (Å²) in [6.07, 6.45) is 6.11. The molecule has 0 saturated heterocycles. The van der Waals surface area contributed by atoms with Crippen LogP contribution in [0.5, 0.6) is 0 Å². The first kappa shape index (κ1) is 13.3. The van der Waals surface area contributed by atoms with Crippen LogP contribution in [0, 0.1) is 12.8 Å². The van der Waals surface area contributed by atoms with Crippen LogP contribution in [0.1, 0.15) is 62.5 Å². The molecule has 0 bridgehead atoms. The minimum absolute atomic E-state index is 0.569. The summed E-state index contributed by atoms with van der Waals surface area (Å²) < 4.78 is 0. The number of aryl methyl sites for hydroxylation is 1. The zero-order chi connectivity index (χ0) is 13.1. The summed E-state index contributed by atoms with van der Waals surface area (Å²) in [7, 11) is 1.95. The smallest absolute Gasteiger partial charge is 0.134 e. The normalized spacial score (nSPS) is 24.0. The molecule has 1 N–H and O–H groups in total. The minimum Gasteiger partial charge on any atom is -0.373 e. The van der Waals surface area contributed by atoms with Crippen LogP contribution < -0.4 is 5.32 Å². The fraction of sp³-hybridized carbons (Fsp3) is 0.733. The van der Waals surface area contributed by atoms with Gasteiger partial charge in [0.25, 0.3) is 0 Å². The van der Waals surface area contributed by atoms with E-state index in [1.807, 2.05) is 7.05 Å². The summed E-state index contributed by atoms with van der Waals surface area (Å²) in [6.45, 7) is 6.63. The molecule has 0 radical (unpaired) electrons. The molecule has 3 nitrogen and oxygen atoms in total. The summed E-state index contributed by atoms with van der Waals surface area (Å²) in [5.41, 5.74) is 2.40. The first-order valence-electron chi connectivity index (χ1n) is 7.20. The Morgan fingerprint density at radius 3 is 2.39 bits per heavy atom. The van der Waals surface area contributed by atoms with E-state index in [9.17, 15) is 0 Å². The molecule has 100 valence electrons. The zero-order valence-electron chi connectivity index (χ0n) is 12.1. The molecule has 0 spiro atoms. The molecule has 0 unspecified atom stereocenters. The van der Waals surface area contributed by atoms with Crippen LogP contribution in [0.2, 0.25) is 0 Å². The van der Waals surface area contributed by atoms with Crippen LogP contribution in [-0.4, -0.2) is 17.0 Å². The number of nitrogens with zero attached hydrogens (tertiary/aromatic N) is 2. The highest BCUT2D eigenvalue weighted by atomic mass is 15.0. The molecule has 1 aromatic heterocycles. The highest BCUT2D eigenvalue weighted by Gasteiger charge is 2.23. The van der Waals surface area contributed by atoms with Crippen LogP contribution in [0.25, 0.3) is 0 Å². The van der Waals surface area contributed by atoms with Crippen molar-refractivity contribution in [2.24, 2.45) is 5.92 Å². The van der Waals surface area contributed by atoms with Crippen LogP contribution in [-0.2, 0) is 6.42 Å². The maximum Gasteiger partial charge on any atom is 0.134 e. The lowest BCUT2D eigenvalue weighted by Gasteiger charge is -2.26. The van der Waals surface area contributed by atoms with Crippen molar-refractivity contribution in [1.82, 2.24) is 9.97 Å². The molecule has 1 heterocycles. The predicted octanol–water partition coefficient (Wildman–Crippen LogP) is 3.68. The molecule has 1 aliphatic carbocycles. The van der Waals surface area contributed by atoms with Gasteiger partial charge in [0.2, 0.25) is 0 Å². The largest absolute Gasteiger partial charge is 0.373 e. The molecule has 0 aliphatic heterocycles. The minimum atomic E-state index is 0.569. The van der Waals surface area contributed by atoms with Gasteiger partial charge in [0, 0.05) is 24.2 Å². The molecule has 1 fully saturated rings. The second-order valence-corrected chi connectivity index (χ2v) is 5.56. The quantitative estimate of drug-likeness (QED) is 0.885. The van der Waals surface area contributed by atoms with Gasteiger partial charge < -0.3 is 5.32 Å². The van der Waals surface area contributed by atoms with Crippen molar-refractivity contribution in [2.45, 2.75) is 58.8 Å². The SMILES string of the molecule is CCc1nc(C2CCC(C)CC2)nc(NC)c1C. The van der Waals surface area contributed by atoms with Crippen LogP contribution in [0.15, 0.2) is 0 Å². The van der Waals surface area contributed by atoms with Gasteiger partial charge in [-0.3, -0.25) is 0 Å². The molecule has 0 atom stereocenters. The van der Waals surface area contributed by atoms with E-state index in [0.717, 1.165) is 24.0 Å². The van der Waals surface area contributed by atoms with E-state index in [4.69, 9.17) is 9.97 Å². The lowest BCUT2D eigenvalue weighted by molar-refractivity contribution is 0.339. The van der Waals surface area contributed by atoms with Gasteiger partial charge in [-0.15, -0.1) is 0 Å². The van der Waals surface area contributed by atoms with Crippen molar-refractivity contribution in [3.63, 3.8) is 0 Å². The average molecular weight is 247 g/mol. The molecule has 0 amide bonds. The number of aromatic nitrogens is 2. The third-order valence-electron chi connectivity index (χ3n) is 4.22. The Morgan fingerprint density at radius 1 is 1.17 bits per heavy atom. The Bertz CT molecular complexity index is 381. The molecule has 1 saturated carbocycles. The van der Waals surface area contributed by atoms with Crippen molar-refractivity contribution in [1.29, 1.82) is 0 Å². The summed E-state index contributed by atoms with van der Waals surface area (Å²) in [6, 6.07) is 0. The molecular weight excluding hydrogens is 222 g/mol. The van der Waals surface area contributed by atoms with Crippen LogP contribution in [0.4, 0.5) is 5.82 Å². The molecule has 2 rings (SSSR count). The van der Waals surface area contributed by atoms with Crippen molar-refractivity contribution in [3.05, 3.63) is 17.1 Å². The average Bonchev–Trinajstić information content (AvgIpc) is 2.40. The molecular formula is C15H25N3. The van der Waals surface area contributed by atoms with Gasteiger partial charge in [-0.1, -0.05) is 26.7 Å². The Morgan fingerprint density at radius 2 is 1.83 bits per heavy atom. The maximum absolute atomic E-state index is 4.80. The van der Waals surface area contributed by atoms with Gasteiger partial charge in [-0.25, -0.2) is 9.97 Å². The van der Waals surface area contributed by atoms with E-state index in [0.29, 0.717) is 5.92 Å². The summed E-state index contributed by atoms with van der Waals surface area (Å²) in [5.74, 6) is 3.52. The highest BCUT2D eigenvalue weighted by molar-refractivity contribution is 5.45. The number of rotatable bonds is 3. The lowest BCUT2D eigenvalue weighted by Crippen LogP contribution is -2.16. The molecule has 0 aromatic carbocycles.